The molecule has 0 aliphatic carbocycles. The Morgan fingerprint density at radius 2 is 2.04 bits per heavy atom. The van der Waals surface area contributed by atoms with E-state index in [2.05, 4.69) is 16.8 Å². The molecular formula is C23H26N2O3. The monoisotopic (exact) mass is 378 g/mol. The summed E-state index contributed by atoms with van der Waals surface area (Å²) in [6.45, 7) is 6.04. The third-order valence-corrected chi connectivity index (χ3v) is 5.18. The largest absolute Gasteiger partial charge is 0.494 e. The van der Waals surface area contributed by atoms with Gasteiger partial charge in [-0.2, -0.15) is 0 Å². The Morgan fingerprint density at radius 1 is 1.21 bits per heavy atom. The zero-order valence-electron chi connectivity index (χ0n) is 16.4. The van der Waals surface area contributed by atoms with Gasteiger partial charge in [0.1, 0.15) is 23.3 Å². The zero-order chi connectivity index (χ0) is 19.5. The van der Waals surface area contributed by atoms with Crippen molar-refractivity contribution in [3.63, 3.8) is 0 Å². The average molecular weight is 378 g/mol. The number of nitrogens with one attached hydrogen (secondary N) is 1. The molecule has 3 aromatic rings. The van der Waals surface area contributed by atoms with Gasteiger partial charge < -0.3 is 19.4 Å². The van der Waals surface area contributed by atoms with Crippen molar-refractivity contribution in [2.75, 3.05) is 13.2 Å². The first-order valence-corrected chi connectivity index (χ1v) is 9.98. The number of carbonyl (C=O) groups excluding carboxylic acids is 1. The van der Waals surface area contributed by atoms with Crippen LogP contribution in [0.25, 0.3) is 10.9 Å². The lowest BCUT2D eigenvalue weighted by atomic mass is 10.1. The molecule has 146 valence electrons. The Bertz CT molecular complexity index is 975. The molecule has 0 radical (unpaired) electrons. The van der Waals surface area contributed by atoms with Crippen molar-refractivity contribution in [1.29, 1.82) is 0 Å². The molecule has 0 saturated carbocycles. The van der Waals surface area contributed by atoms with E-state index in [-0.39, 0.29) is 12.0 Å². The predicted octanol–water partition coefficient (Wildman–Crippen LogP) is 4.18. The van der Waals surface area contributed by atoms with Crippen molar-refractivity contribution in [3.05, 3.63) is 59.8 Å². The van der Waals surface area contributed by atoms with E-state index >= 15 is 0 Å². The van der Waals surface area contributed by atoms with Gasteiger partial charge in [-0.25, -0.2) is 0 Å². The van der Waals surface area contributed by atoms with Gasteiger partial charge in [-0.3, -0.25) is 4.79 Å². The standard InChI is InChI=1S/C23H26N2O3/c1-3-18-15-25-20(14-17-6-5-7-21(28-18)22(17)25)23(26)24-13-12-16-8-10-19(11-9-16)27-4-2/h5-11,14,18H,3-4,12-13,15H2,1-2H3,(H,24,26)/t18-/m1/s1. The molecule has 5 nitrogen and oxygen atoms in total. The van der Waals surface area contributed by atoms with Gasteiger partial charge >= 0.3 is 0 Å². The van der Waals surface area contributed by atoms with Gasteiger partial charge in [-0.1, -0.05) is 31.2 Å². The Balaban J connectivity index is 1.45. The number of para-hydroxylation sites is 1. The molecular weight excluding hydrogens is 352 g/mol. The van der Waals surface area contributed by atoms with E-state index in [0.717, 1.165) is 35.2 Å². The molecule has 28 heavy (non-hydrogen) atoms. The van der Waals surface area contributed by atoms with Gasteiger partial charge in [0.15, 0.2) is 0 Å². The third kappa shape index (κ3) is 3.57. The van der Waals surface area contributed by atoms with Crippen LogP contribution < -0.4 is 14.8 Å². The molecule has 1 amide bonds. The SMILES string of the molecule is CCOc1ccc(CCNC(=O)c2cc3cccc4c3n2C[C@@H](CC)O4)cc1. The minimum absolute atomic E-state index is 0.0372. The van der Waals surface area contributed by atoms with E-state index in [1.165, 1.54) is 5.56 Å². The van der Waals surface area contributed by atoms with Crippen LogP contribution in [0.1, 0.15) is 36.3 Å². The molecule has 2 aromatic carbocycles. The number of aromatic nitrogens is 1. The lowest BCUT2D eigenvalue weighted by Crippen LogP contribution is -2.32. The first kappa shape index (κ1) is 18.4. The van der Waals surface area contributed by atoms with Crippen molar-refractivity contribution in [2.45, 2.75) is 39.3 Å². The fourth-order valence-electron chi connectivity index (χ4n) is 3.73. The number of carbonyl (C=O) groups is 1. The van der Waals surface area contributed by atoms with Crippen LogP contribution in [-0.4, -0.2) is 29.7 Å². The number of rotatable bonds is 7. The second-order valence-electron chi connectivity index (χ2n) is 7.07. The van der Waals surface area contributed by atoms with Gasteiger partial charge in [0.25, 0.3) is 5.91 Å². The Hall–Kier alpha value is -2.95. The highest BCUT2D eigenvalue weighted by molar-refractivity contribution is 6.00. The molecule has 0 spiro atoms. The maximum Gasteiger partial charge on any atom is 0.267 e. The van der Waals surface area contributed by atoms with Gasteiger partial charge in [-0.15, -0.1) is 0 Å². The van der Waals surface area contributed by atoms with Gasteiger partial charge in [0.2, 0.25) is 0 Å². The number of ether oxygens (including phenoxy) is 2. The molecule has 0 unspecified atom stereocenters. The Labute approximate surface area is 165 Å². The number of hydrogen-bond acceptors (Lipinski definition) is 3. The second kappa shape index (κ2) is 7.97. The van der Waals surface area contributed by atoms with Crippen molar-refractivity contribution in [1.82, 2.24) is 9.88 Å². The first-order valence-electron chi connectivity index (χ1n) is 9.98. The number of benzene rings is 2. The van der Waals surface area contributed by atoms with Gasteiger partial charge in [-0.05, 0) is 49.6 Å². The molecule has 1 atom stereocenters. The third-order valence-electron chi connectivity index (χ3n) is 5.18. The molecule has 4 rings (SSSR count). The topological polar surface area (TPSA) is 52.5 Å². The van der Waals surface area contributed by atoms with Gasteiger partial charge in [0.05, 0.1) is 18.7 Å². The molecule has 1 aliphatic rings. The summed E-state index contributed by atoms with van der Waals surface area (Å²) in [5.41, 5.74) is 2.90. The first-order chi connectivity index (χ1) is 13.7. The molecule has 2 heterocycles. The highest BCUT2D eigenvalue weighted by Crippen LogP contribution is 2.34. The molecule has 5 heteroatoms. The van der Waals surface area contributed by atoms with E-state index in [9.17, 15) is 4.79 Å². The molecule has 0 fully saturated rings. The van der Waals surface area contributed by atoms with Crippen molar-refractivity contribution < 1.29 is 14.3 Å². The summed E-state index contributed by atoms with van der Waals surface area (Å²) in [4.78, 5) is 12.9. The van der Waals surface area contributed by atoms with Crippen molar-refractivity contribution >= 4 is 16.8 Å². The summed E-state index contributed by atoms with van der Waals surface area (Å²) in [7, 11) is 0. The summed E-state index contributed by atoms with van der Waals surface area (Å²) in [6, 6.07) is 16.0. The maximum absolute atomic E-state index is 12.9. The molecule has 1 aliphatic heterocycles. The van der Waals surface area contributed by atoms with Crippen LogP contribution in [0.15, 0.2) is 48.5 Å². The maximum atomic E-state index is 12.9. The summed E-state index contributed by atoms with van der Waals surface area (Å²) < 4.78 is 13.6. The Kier molecular flexibility index (Phi) is 5.24. The summed E-state index contributed by atoms with van der Waals surface area (Å²) in [6.07, 6.45) is 1.79. The number of amides is 1. The number of hydrogen-bond donors (Lipinski definition) is 1. The lowest BCUT2D eigenvalue weighted by molar-refractivity contribution is 0.0938. The average Bonchev–Trinajstić information content (AvgIpc) is 3.09. The smallest absolute Gasteiger partial charge is 0.267 e. The second-order valence-corrected chi connectivity index (χ2v) is 7.07. The normalized spacial score (nSPS) is 15.3. The molecule has 0 bridgehead atoms. The lowest BCUT2D eigenvalue weighted by Gasteiger charge is -2.26. The fraction of sp³-hybridized carbons (Fsp3) is 0.348. The molecule has 0 saturated heterocycles. The quantitative estimate of drug-likeness (QED) is 0.671. The minimum atomic E-state index is -0.0372. The van der Waals surface area contributed by atoms with Crippen molar-refractivity contribution in [3.8, 4) is 11.5 Å². The summed E-state index contributed by atoms with van der Waals surface area (Å²) >= 11 is 0. The Morgan fingerprint density at radius 3 is 2.79 bits per heavy atom. The van der Waals surface area contributed by atoms with Crippen LogP contribution in [0.2, 0.25) is 0 Å². The predicted molar refractivity (Wildman–Crippen MR) is 110 cm³/mol. The summed E-state index contributed by atoms with van der Waals surface area (Å²) in [5, 5.41) is 4.11. The van der Waals surface area contributed by atoms with E-state index in [0.29, 0.717) is 25.4 Å². The van der Waals surface area contributed by atoms with Crippen molar-refractivity contribution in [2.24, 2.45) is 0 Å². The van der Waals surface area contributed by atoms with Crippen LogP contribution in [0.4, 0.5) is 0 Å². The van der Waals surface area contributed by atoms with Crippen LogP contribution in [0.3, 0.4) is 0 Å². The number of nitrogens with zero attached hydrogens (tertiary/aromatic N) is 1. The summed E-state index contributed by atoms with van der Waals surface area (Å²) in [5.74, 6) is 1.70. The highest BCUT2D eigenvalue weighted by Gasteiger charge is 2.25. The van der Waals surface area contributed by atoms with Crippen LogP contribution in [-0.2, 0) is 13.0 Å². The highest BCUT2D eigenvalue weighted by atomic mass is 16.5. The zero-order valence-corrected chi connectivity index (χ0v) is 16.4. The van der Waals surface area contributed by atoms with E-state index in [1.807, 2.05) is 55.5 Å². The fourth-order valence-corrected chi connectivity index (χ4v) is 3.73. The van der Waals surface area contributed by atoms with E-state index < -0.39 is 0 Å². The van der Waals surface area contributed by atoms with E-state index in [1.54, 1.807) is 0 Å². The molecule has 1 aromatic heterocycles. The molecule has 1 N–H and O–H groups in total. The van der Waals surface area contributed by atoms with E-state index in [4.69, 9.17) is 9.47 Å². The van der Waals surface area contributed by atoms with Crippen LogP contribution >= 0.6 is 0 Å². The van der Waals surface area contributed by atoms with Crippen LogP contribution in [0, 0.1) is 0 Å². The van der Waals surface area contributed by atoms with Gasteiger partial charge in [0, 0.05) is 11.9 Å². The van der Waals surface area contributed by atoms with Crippen LogP contribution in [0.5, 0.6) is 11.5 Å². The minimum Gasteiger partial charge on any atom is -0.494 e.